The van der Waals surface area contributed by atoms with Gasteiger partial charge in [0.05, 0.1) is 19.3 Å². The van der Waals surface area contributed by atoms with Crippen molar-refractivity contribution in [3.63, 3.8) is 0 Å². The normalized spacial score (nSPS) is 26.2. The van der Waals surface area contributed by atoms with Gasteiger partial charge in [-0.2, -0.15) is 0 Å². The van der Waals surface area contributed by atoms with Crippen LogP contribution in [0.1, 0.15) is 64.2 Å². The maximum absolute atomic E-state index is 5.55. The fourth-order valence-corrected chi connectivity index (χ4v) is 4.16. The molecule has 1 heterocycles. The van der Waals surface area contributed by atoms with Crippen LogP contribution >= 0.6 is 0 Å². The molecule has 1 aliphatic heterocycles. The van der Waals surface area contributed by atoms with Gasteiger partial charge in [0.25, 0.3) is 0 Å². The van der Waals surface area contributed by atoms with Gasteiger partial charge in [-0.1, -0.05) is 38.5 Å². The van der Waals surface area contributed by atoms with Crippen molar-refractivity contribution in [2.24, 2.45) is 4.99 Å². The minimum atomic E-state index is 0.553. The van der Waals surface area contributed by atoms with Crippen molar-refractivity contribution in [3.05, 3.63) is 0 Å². The van der Waals surface area contributed by atoms with E-state index in [4.69, 9.17) is 9.73 Å². The minimum absolute atomic E-state index is 0.553. The van der Waals surface area contributed by atoms with Gasteiger partial charge in [-0.25, -0.2) is 4.99 Å². The Bertz CT molecular complexity index is 353. The lowest BCUT2D eigenvalue weighted by Gasteiger charge is -2.40. The molecule has 0 spiro atoms. The van der Waals surface area contributed by atoms with Gasteiger partial charge in [-0.3, -0.25) is 0 Å². The molecular weight excluding hydrogens is 274 g/mol. The standard InChI is InChI=1S/C18H33N3O/c1-20(17-10-6-3-7-11-17)18(21-12-14-22-15-13-21)19-16-8-4-2-5-9-16/h16-17H,2-15H2,1H3. The monoisotopic (exact) mass is 307 g/mol. The molecule has 0 aromatic rings. The fourth-order valence-electron chi connectivity index (χ4n) is 4.16. The first-order valence-corrected chi connectivity index (χ1v) is 9.48. The molecule has 1 saturated heterocycles. The largest absolute Gasteiger partial charge is 0.378 e. The summed E-state index contributed by atoms with van der Waals surface area (Å²) in [6.07, 6.45) is 13.5. The quantitative estimate of drug-likeness (QED) is 0.579. The van der Waals surface area contributed by atoms with Crippen molar-refractivity contribution in [2.45, 2.75) is 76.3 Å². The van der Waals surface area contributed by atoms with Gasteiger partial charge in [-0.15, -0.1) is 0 Å². The predicted octanol–water partition coefficient (Wildman–Crippen LogP) is 3.27. The van der Waals surface area contributed by atoms with Crippen LogP contribution in [0, 0.1) is 0 Å². The number of nitrogens with zero attached hydrogens (tertiary/aromatic N) is 3. The topological polar surface area (TPSA) is 28.1 Å². The van der Waals surface area contributed by atoms with E-state index >= 15 is 0 Å². The summed E-state index contributed by atoms with van der Waals surface area (Å²) >= 11 is 0. The zero-order valence-electron chi connectivity index (χ0n) is 14.3. The third-order valence-electron chi connectivity index (χ3n) is 5.60. The summed E-state index contributed by atoms with van der Waals surface area (Å²) < 4.78 is 5.55. The van der Waals surface area contributed by atoms with Gasteiger partial charge in [0.15, 0.2) is 5.96 Å². The van der Waals surface area contributed by atoms with Crippen molar-refractivity contribution < 1.29 is 4.74 Å². The highest BCUT2D eigenvalue weighted by Crippen LogP contribution is 2.25. The molecule has 0 radical (unpaired) electrons. The molecule has 22 heavy (non-hydrogen) atoms. The molecule has 0 aromatic heterocycles. The highest BCUT2D eigenvalue weighted by molar-refractivity contribution is 5.80. The summed E-state index contributed by atoms with van der Waals surface area (Å²) in [6, 6.07) is 1.25. The van der Waals surface area contributed by atoms with Crippen molar-refractivity contribution in [2.75, 3.05) is 33.4 Å². The average molecular weight is 307 g/mol. The summed E-state index contributed by atoms with van der Waals surface area (Å²) in [6.45, 7) is 3.70. The van der Waals surface area contributed by atoms with Crippen LogP contribution in [-0.2, 0) is 4.74 Å². The second-order valence-corrected chi connectivity index (χ2v) is 7.22. The Hall–Kier alpha value is -0.770. The van der Waals surface area contributed by atoms with Gasteiger partial charge >= 0.3 is 0 Å². The Morgan fingerprint density at radius 2 is 1.50 bits per heavy atom. The number of rotatable bonds is 2. The highest BCUT2D eigenvalue weighted by Gasteiger charge is 2.26. The minimum Gasteiger partial charge on any atom is -0.378 e. The lowest BCUT2D eigenvalue weighted by molar-refractivity contribution is 0.0602. The van der Waals surface area contributed by atoms with Gasteiger partial charge < -0.3 is 14.5 Å². The van der Waals surface area contributed by atoms with Gasteiger partial charge in [0, 0.05) is 26.2 Å². The Kier molecular flexibility index (Phi) is 5.99. The summed E-state index contributed by atoms with van der Waals surface area (Å²) in [5.74, 6) is 1.27. The van der Waals surface area contributed by atoms with Crippen molar-refractivity contribution in [3.8, 4) is 0 Å². The van der Waals surface area contributed by atoms with Gasteiger partial charge in [0.1, 0.15) is 0 Å². The van der Waals surface area contributed by atoms with Crippen LogP contribution < -0.4 is 0 Å². The van der Waals surface area contributed by atoms with E-state index in [1.807, 2.05) is 0 Å². The Morgan fingerprint density at radius 1 is 0.909 bits per heavy atom. The van der Waals surface area contributed by atoms with Crippen LogP contribution in [0.4, 0.5) is 0 Å². The van der Waals surface area contributed by atoms with Crippen LogP contribution in [0.15, 0.2) is 4.99 Å². The van der Waals surface area contributed by atoms with E-state index in [1.165, 1.54) is 70.2 Å². The zero-order chi connectivity index (χ0) is 15.2. The second kappa shape index (κ2) is 8.19. The number of guanidine groups is 1. The number of hydrogen-bond acceptors (Lipinski definition) is 2. The van der Waals surface area contributed by atoms with E-state index in [2.05, 4.69) is 16.8 Å². The molecule has 4 nitrogen and oxygen atoms in total. The molecule has 0 aromatic carbocycles. The van der Waals surface area contributed by atoms with Crippen LogP contribution in [0.5, 0.6) is 0 Å². The smallest absolute Gasteiger partial charge is 0.197 e. The van der Waals surface area contributed by atoms with Gasteiger partial charge in [0.2, 0.25) is 0 Å². The SMILES string of the molecule is CN(C(=NC1CCCCC1)N1CCOCC1)C1CCCCC1. The molecule has 3 fully saturated rings. The summed E-state index contributed by atoms with van der Waals surface area (Å²) in [5.41, 5.74) is 0. The van der Waals surface area contributed by atoms with Crippen molar-refractivity contribution in [1.29, 1.82) is 0 Å². The third-order valence-corrected chi connectivity index (χ3v) is 5.60. The maximum Gasteiger partial charge on any atom is 0.197 e. The molecule has 0 bridgehead atoms. The van der Waals surface area contributed by atoms with E-state index in [0.717, 1.165) is 26.3 Å². The van der Waals surface area contributed by atoms with E-state index in [9.17, 15) is 0 Å². The molecule has 0 atom stereocenters. The van der Waals surface area contributed by atoms with Gasteiger partial charge in [-0.05, 0) is 25.7 Å². The summed E-state index contributed by atoms with van der Waals surface area (Å²) in [7, 11) is 2.28. The van der Waals surface area contributed by atoms with Crippen LogP contribution in [-0.4, -0.2) is 61.2 Å². The Labute approximate surface area is 135 Å². The first kappa shape index (κ1) is 16.1. The second-order valence-electron chi connectivity index (χ2n) is 7.22. The number of morpholine rings is 1. The van der Waals surface area contributed by atoms with E-state index < -0.39 is 0 Å². The molecule has 3 aliphatic rings. The molecule has 0 N–H and O–H groups in total. The lowest BCUT2D eigenvalue weighted by atomic mass is 9.94. The first-order valence-electron chi connectivity index (χ1n) is 9.48. The number of ether oxygens (including phenoxy) is 1. The first-order chi connectivity index (χ1) is 10.8. The molecule has 0 amide bonds. The highest BCUT2D eigenvalue weighted by atomic mass is 16.5. The summed E-state index contributed by atoms with van der Waals surface area (Å²) in [5, 5.41) is 0. The lowest BCUT2D eigenvalue weighted by Crippen LogP contribution is -2.51. The molecule has 0 unspecified atom stereocenters. The van der Waals surface area contributed by atoms with Crippen LogP contribution in [0.2, 0.25) is 0 Å². The molecule has 2 aliphatic carbocycles. The molecule has 2 saturated carbocycles. The zero-order valence-corrected chi connectivity index (χ0v) is 14.3. The molecule has 3 rings (SSSR count). The number of aliphatic imine (C=N–C) groups is 1. The molecular formula is C18H33N3O. The van der Waals surface area contributed by atoms with Crippen molar-refractivity contribution in [1.82, 2.24) is 9.80 Å². The van der Waals surface area contributed by atoms with E-state index in [1.54, 1.807) is 0 Å². The Balaban J connectivity index is 1.72. The molecule has 4 heteroatoms. The van der Waals surface area contributed by atoms with Crippen LogP contribution in [0.3, 0.4) is 0 Å². The Morgan fingerprint density at radius 3 is 2.14 bits per heavy atom. The van der Waals surface area contributed by atoms with E-state index in [-0.39, 0.29) is 0 Å². The average Bonchev–Trinajstić information content (AvgIpc) is 2.61. The van der Waals surface area contributed by atoms with Crippen LogP contribution in [0.25, 0.3) is 0 Å². The third kappa shape index (κ3) is 4.15. The van der Waals surface area contributed by atoms with Crippen molar-refractivity contribution >= 4 is 5.96 Å². The molecule has 126 valence electrons. The van der Waals surface area contributed by atoms with E-state index in [0.29, 0.717) is 12.1 Å². The maximum atomic E-state index is 5.55. The number of hydrogen-bond donors (Lipinski definition) is 0. The summed E-state index contributed by atoms with van der Waals surface area (Å²) in [4.78, 5) is 10.2. The fraction of sp³-hybridized carbons (Fsp3) is 0.944. The predicted molar refractivity (Wildman–Crippen MR) is 91.3 cm³/mol.